The third kappa shape index (κ3) is 2.92. The average Bonchev–Trinajstić information content (AvgIpc) is 2.92. The van der Waals surface area contributed by atoms with Crippen molar-refractivity contribution in [3.05, 3.63) is 42.4 Å². The molecule has 0 aliphatic carbocycles. The molecule has 0 radical (unpaired) electrons. The van der Waals surface area contributed by atoms with Crippen molar-refractivity contribution in [1.29, 1.82) is 0 Å². The van der Waals surface area contributed by atoms with Gasteiger partial charge in [-0.2, -0.15) is 9.36 Å². The summed E-state index contributed by atoms with van der Waals surface area (Å²) < 4.78 is 14.9. The van der Waals surface area contributed by atoms with Crippen molar-refractivity contribution in [2.75, 3.05) is 13.7 Å². The fraction of sp³-hybridized carbons (Fsp3) is 0.214. The number of rotatable bonds is 5. The van der Waals surface area contributed by atoms with Gasteiger partial charge in [-0.1, -0.05) is 6.07 Å². The summed E-state index contributed by atoms with van der Waals surface area (Å²) in [5.74, 6) is 1.48. The van der Waals surface area contributed by atoms with Gasteiger partial charge in [-0.05, 0) is 24.3 Å². The largest absolute Gasteiger partial charge is 0.430 e. The standard InChI is InChI=1S/C14H13N3O2S/c1-18-8-6-13-16-14(20-17-13)19-11-4-5-12-10(9-11)3-2-7-15-12/h2-5,7,9H,6,8H2,1H3. The molecule has 0 unspecified atom stereocenters. The van der Waals surface area contributed by atoms with E-state index in [2.05, 4.69) is 14.3 Å². The predicted octanol–water partition coefficient (Wildman–Crippen LogP) is 3.07. The van der Waals surface area contributed by atoms with E-state index in [-0.39, 0.29) is 0 Å². The lowest BCUT2D eigenvalue weighted by Gasteiger charge is -2.02. The molecule has 102 valence electrons. The van der Waals surface area contributed by atoms with Gasteiger partial charge >= 0.3 is 0 Å². The summed E-state index contributed by atoms with van der Waals surface area (Å²) in [4.78, 5) is 8.59. The van der Waals surface area contributed by atoms with Gasteiger partial charge < -0.3 is 9.47 Å². The second kappa shape index (κ2) is 5.94. The van der Waals surface area contributed by atoms with Crippen LogP contribution in [0.25, 0.3) is 10.9 Å². The molecular weight excluding hydrogens is 274 g/mol. The maximum absolute atomic E-state index is 5.72. The Morgan fingerprint density at radius 3 is 3.10 bits per heavy atom. The molecule has 1 aromatic carbocycles. The predicted molar refractivity (Wildman–Crippen MR) is 77.3 cm³/mol. The first-order valence-corrected chi connectivity index (χ1v) is 6.96. The minimum Gasteiger partial charge on any atom is -0.430 e. The van der Waals surface area contributed by atoms with Gasteiger partial charge in [0.1, 0.15) is 11.6 Å². The lowest BCUT2D eigenvalue weighted by atomic mass is 10.2. The van der Waals surface area contributed by atoms with Gasteiger partial charge in [-0.25, -0.2) is 0 Å². The number of pyridine rings is 1. The summed E-state index contributed by atoms with van der Waals surface area (Å²) in [6.07, 6.45) is 2.47. The van der Waals surface area contributed by atoms with E-state index in [0.29, 0.717) is 18.2 Å². The minimum atomic E-state index is 0.541. The highest BCUT2D eigenvalue weighted by molar-refractivity contribution is 7.07. The normalized spacial score (nSPS) is 10.8. The number of fused-ring (bicyclic) bond motifs is 1. The molecule has 3 aromatic rings. The smallest absolute Gasteiger partial charge is 0.298 e. The lowest BCUT2D eigenvalue weighted by molar-refractivity contribution is 0.200. The maximum atomic E-state index is 5.72. The average molecular weight is 287 g/mol. The van der Waals surface area contributed by atoms with Gasteiger partial charge in [0.2, 0.25) is 0 Å². The molecule has 2 heterocycles. The highest BCUT2D eigenvalue weighted by atomic mass is 32.1. The van der Waals surface area contributed by atoms with Crippen LogP contribution in [0.15, 0.2) is 36.5 Å². The molecule has 0 bridgehead atoms. The zero-order valence-corrected chi connectivity index (χ0v) is 11.8. The second-order valence-corrected chi connectivity index (χ2v) is 4.89. The molecule has 0 amide bonds. The molecule has 0 N–H and O–H groups in total. The van der Waals surface area contributed by atoms with Crippen LogP contribution in [-0.4, -0.2) is 28.1 Å². The van der Waals surface area contributed by atoms with Crippen molar-refractivity contribution in [2.24, 2.45) is 0 Å². The van der Waals surface area contributed by atoms with Crippen molar-refractivity contribution in [2.45, 2.75) is 6.42 Å². The first kappa shape index (κ1) is 13.0. The highest BCUT2D eigenvalue weighted by Gasteiger charge is 2.06. The Hall–Kier alpha value is -2.05. The Bertz CT molecular complexity index is 714. The molecule has 0 aliphatic rings. The Balaban J connectivity index is 1.76. The molecule has 0 fully saturated rings. The van der Waals surface area contributed by atoms with Gasteiger partial charge in [0.25, 0.3) is 5.19 Å². The van der Waals surface area contributed by atoms with E-state index < -0.39 is 0 Å². The van der Waals surface area contributed by atoms with E-state index in [4.69, 9.17) is 9.47 Å². The fourth-order valence-corrected chi connectivity index (χ4v) is 2.39. The van der Waals surface area contributed by atoms with Gasteiger partial charge in [0.15, 0.2) is 0 Å². The Labute approximate surface area is 120 Å². The van der Waals surface area contributed by atoms with Crippen LogP contribution in [0.2, 0.25) is 0 Å². The summed E-state index contributed by atoms with van der Waals surface area (Å²) in [6, 6.07) is 9.65. The van der Waals surface area contributed by atoms with E-state index in [1.165, 1.54) is 11.5 Å². The van der Waals surface area contributed by atoms with Gasteiger partial charge in [0.05, 0.1) is 12.1 Å². The Morgan fingerprint density at radius 2 is 2.20 bits per heavy atom. The third-order valence-corrected chi connectivity index (χ3v) is 3.39. The molecular formula is C14H13N3O2S. The third-order valence-electron chi connectivity index (χ3n) is 2.76. The fourth-order valence-electron chi connectivity index (χ4n) is 1.79. The SMILES string of the molecule is COCCc1nsc(Oc2ccc3ncccc3c2)n1. The molecule has 5 nitrogen and oxygen atoms in total. The van der Waals surface area contributed by atoms with Crippen molar-refractivity contribution in [3.8, 4) is 10.9 Å². The maximum Gasteiger partial charge on any atom is 0.298 e. The number of hydrogen-bond donors (Lipinski definition) is 0. The zero-order chi connectivity index (χ0) is 13.8. The van der Waals surface area contributed by atoms with Crippen LogP contribution in [0.5, 0.6) is 10.9 Å². The van der Waals surface area contributed by atoms with Crippen molar-refractivity contribution in [1.82, 2.24) is 14.3 Å². The topological polar surface area (TPSA) is 57.1 Å². The van der Waals surface area contributed by atoms with E-state index >= 15 is 0 Å². The number of ether oxygens (including phenoxy) is 2. The summed E-state index contributed by atoms with van der Waals surface area (Å²) in [6.45, 7) is 0.609. The van der Waals surface area contributed by atoms with Crippen molar-refractivity contribution in [3.63, 3.8) is 0 Å². The number of benzene rings is 1. The number of methoxy groups -OCH3 is 1. The van der Waals surface area contributed by atoms with E-state index in [9.17, 15) is 0 Å². The number of nitrogens with zero attached hydrogens (tertiary/aromatic N) is 3. The zero-order valence-electron chi connectivity index (χ0n) is 10.9. The lowest BCUT2D eigenvalue weighted by Crippen LogP contribution is -1.96. The van der Waals surface area contributed by atoms with Gasteiger partial charge in [-0.3, -0.25) is 4.98 Å². The summed E-state index contributed by atoms with van der Waals surface area (Å²) in [5.41, 5.74) is 0.942. The Kier molecular flexibility index (Phi) is 3.85. The summed E-state index contributed by atoms with van der Waals surface area (Å²) >= 11 is 1.25. The van der Waals surface area contributed by atoms with E-state index in [1.807, 2.05) is 30.3 Å². The summed E-state index contributed by atoms with van der Waals surface area (Å²) in [7, 11) is 1.66. The van der Waals surface area contributed by atoms with Crippen LogP contribution < -0.4 is 4.74 Å². The van der Waals surface area contributed by atoms with Crippen LogP contribution in [0.4, 0.5) is 0 Å². The van der Waals surface area contributed by atoms with Gasteiger partial charge in [-0.15, -0.1) is 0 Å². The van der Waals surface area contributed by atoms with Crippen molar-refractivity contribution < 1.29 is 9.47 Å². The first-order valence-electron chi connectivity index (χ1n) is 6.19. The first-order chi connectivity index (χ1) is 9.85. The number of aromatic nitrogens is 3. The van der Waals surface area contributed by atoms with Crippen LogP contribution in [-0.2, 0) is 11.2 Å². The van der Waals surface area contributed by atoms with E-state index in [0.717, 1.165) is 22.5 Å². The van der Waals surface area contributed by atoms with Crippen LogP contribution >= 0.6 is 11.5 Å². The molecule has 0 aliphatic heterocycles. The van der Waals surface area contributed by atoms with Crippen LogP contribution in [0.1, 0.15) is 5.82 Å². The molecule has 2 aromatic heterocycles. The van der Waals surface area contributed by atoms with Crippen LogP contribution in [0, 0.1) is 0 Å². The molecule has 0 spiro atoms. The second-order valence-electron chi connectivity index (χ2n) is 4.18. The highest BCUT2D eigenvalue weighted by Crippen LogP contribution is 2.26. The van der Waals surface area contributed by atoms with Crippen LogP contribution in [0.3, 0.4) is 0 Å². The molecule has 6 heteroatoms. The van der Waals surface area contributed by atoms with E-state index in [1.54, 1.807) is 13.3 Å². The summed E-state index contributed by atoms with van der Waals surface area (Å²) in [5, 5.41) is 1.58. The molecule has 0 saturated heterocycles. The molecule has 20 heavy (non-hydrogen) atoms. The van der Waals surface area contributed by atoms with Gasteiger partial charge in [0, 0.05) is 36.6 Å². The monoisotopic (exact) mass is 287 g/mol. The van der Waals surface area contributed by atoms with Crippen molar-refractivity contribution >= 4 is 22.4 Å². The Morgan fingerprint density at radius 1 is 1.25 bits per heavy atom. The molecule has 0 saturated carbocycles. The quantitative estimate of drug-likeness (QED) is 0.722. The molecule has 0 atom stereocenters. The minimum absolute atomic E-state index is 0.541. The number of hydrogen-bond acceptors (Lipinski definition) is 6. The molecule has 3 rings (SSSR count).